The maximum absolute atomic E-state index is 13.5. The van der Waals surface area contributed by atoms with Gasteiger partial charge in [-0.05, 0) is 106 Å². The predicted molar refractivity (Wildman–Crippen MR) is 103 cm³/mol. The van der Waals surface area contributed by atoms with E-state index in [0.717, 1.165) is 60.3 Å². The van der Waals surface area contributed by atoms with E-state index in [4.69, 9.17) is 4.99 Å². The van der Waals surface area contributed by atoms with Gasteiger partial charge in [0.25, 0.3) is 0 Å². The molecule has 0 atom stereocenters. The molecule has 3 heteroatoms. The van der Waals surface area contributed by atoms with Crippen molar-refractivity contribution in [1.82, 2.24) is 0 Å². The molecule has 5 aliphatic rings. The fourth-order valence-electron chi connectivity index (χ4n) is 6.87. The first-order chi connectivity index (χ1) is 12.3. The third-order valence-electron chi connectivity index (χ3n) is 7.42. The first kappa shape index (κ1) is 16.5. The van der Waals surface area contributed by atoms with Crippen molar-refractivity contribution in [2.75, 3.05) is 0 Å². The fraction of sp³-hybridized carbons (Fsp3) is 0.652. The van der Waals surface area contributed by atoms with Crippen molar-refractivity contribution in [2.45, 2.75) is 70.8 Å². The van der Waals surface area contributed by atoms with Gasteiger partial charge in [0.05, 0.1) is 11.3 Å². The van der Waals surface area contributed by atoms with Crippen molar-refractivity contribution in [2.24, 2.45) is 28.2 Å². The number of aromatic hydroxyl groups is 1. The van der Waals surface area contributed by atoms with Crippen LogP contribution in [0.4, 0.5) is 0 Å². The summed E-state index contributed by atoms with van der Waals surface area (Å²) in [4.78, 5) is 18.5. The summed E-state index contributed by atoms with van der Waals surface area (Å²) in [7, 11) is 0. The van der Waals surface area contributed by atoms with Crippen LogP contribution >= 0.6 is 0 Å². The van der Waals surface area contributed by atoms with E-state index in [9.17, 15) is 9.90 Å². The number of fused-ring (bicyclic) bond motifs is 1. The van der Waals surface area contributed by atoms with Crippen molar-refractivity contribution < 1.29 is 9.90 Å². The molecule has 26 heavy (non-hydrogen) atoms. The molecule has 4 bridgehead atoms. The number of aliphatic imine (C=N–C) groups is 1. The number of carbonyl (C=O) groups excluding carboxylic acids is 1. The number of carbonyl (C=O) groups is 1. The molecule has 0 radical (unpaired) electrons. The minimum atomic E-state index is -0.210. The zero-order valence-electron chi connectivity index (χ0n) is 15.9. The molecule has 1 heterocycles. The summed E-state index contributed by atoms with van der Waals surface area (Å²) in [5, 5.41) is 9.87. The number of nitrogens with zero attached hydrogens (tertiary/aromatic N) is 1. The number of ketones is 1. The van der Waals surface area contributed by atoms with E-state index in [1.165, 1.54) is 19.3 Å². The Morgan fingerprint density at radius 3 is 2.35 bits per heavy atom. The van der Waals surface area contributed by atoms with Crippen molar-refractivity contribution in [1.29, 1.82) is 0 Å². The van der Waals surface area contributed by atoms with Crippen LogP contribution in [0.5, 0.6) is 5.75 Å². The van der Waals surface area contributed by atoms with Gasteiger partial charge in [-0.2, -0.15) is 0 Å². The molecular weight excluding hydrogens is 322 g/mol. The Hall–Kier alpha value is -1.64. The largest absolute Gasteiger partial charge is 0.508 e. The second kappa shape index (κ2) is 5.43. The maximum atomic E-state index is 13.5. The van der Waals surface area contributed by atoms with Crippen molar-refractivity contribution in [3.63, 3.8) is 0 Å². The third kappa shape index (κ3) is 2.62. The Bertz CT molecular complexity index is 769. The van der Waals surface area contributed by atoms with Crippen LogP contribution in [0.25, 0.3) is 0 Å². The van der Waals surface area contributed by atoms with Crippen molar-refractivity contribution >= 4 is 11.5 Å². The molecule has 0 aromatic heterocycles. The maximum Gasteiger partial charge on any atom is 0.145 e. The molecule has 0 spiro atoms. The van der Waals surface area contributed by atoms with Crippen molar-refractivity contribution in [3.05, 3.63) is 29.3 Å². The van der Waals surface area contributed by atoms with Gasteiger partial charge in [-0.25, -0.2) is 0 Å². The molecule has 1 aromatic carbocycles. The Balaban J connectivity index is 1.45. The summed E-state index contributed by atoms with van der Waals surface area (Å²) in [6.45, 7) is 4.24. The van der Waals surface area contributed by atoms with Gasteiger partial charge in [-0.3, -0.25) is 9.79 Å². The highest BCUT2D eigenvalue weighted by Crippen LogP contribution is 2.60. The molecule has 0 saturated heterocycles. The number of Topliss-reactive ketones (excluding diaryl/α,β-unsaturated/α-hetero) is 1. The van der Waals surface area contributed by atoms with Crippen LogP contribution < -0.4 is 0 Å². The number of phenols is 1. The Morgan fingerprint density at radius 1 is 1.12 bits per heavy atom. The molecule has 0 unspecified atom stereocenters. The standard InChI is InChI=1S/C23H29NO2/c1-22(2)13-17-8-18(25)3-4-19(17)20(24-22)9-21(26)23-10-14-5-15(11-23)7-16(6-14)12-23/h3-4,8,14-16,25H,5-7,9-13H2,1-2H3. The van der Waals surface area contributed by atoms with E-state index < -0.39 is 0 Å². The molecule has 1 aliphatic heterocycles. The second-order valence-electron chi connectivity index (χ2n) is 10.2. The topological polar surface area (TPSA) is 49.7 Å². The van der Waals surface area contributed by atoms with Gasteiger partial charge in [-0.1, -0.05) is 0 Å². The first-order valence-electron chi connectivity index (χ1n) is 10.3. The lowest BCUT2D eigenvalue weighted by Crippen LogP contribution is -2.50. The normalized spacial score (nSPS) is 36.5. The fourth-order valence-corrected chi connectivity index (χ4v) is 6.87. The van der Waals surface area contributed by atoms with E-state index in [0.29, 0.717) is 18.0 Å². The highest BCUT2D eigenvalue weighted by atomic mass is 16.3. The van der Waals surface area contributed by atoms with Gasteiger partial charge in [0.15, 0.2) is 0 Å². The van der Waals surface area contributed by atoms with E-state index in [-0.39, 0.29) is 11.0 Å². The molecule has 6 rings (SSSR count). The minimum Gasteiger partial charge on any atom is -0.508 e. The lowest BCUT2D eigenvalue weighted by Gasteiger charge is -2.56. The lowest BCUT2D eigenvalue weighted by atomic mass is 9.48. The van der Waals surface area contributed by atoms with E-state index in [2.05, 4.69) is 13.8 Å². The summed E-state index contributed by atoms with van der Waals surface area (Å²) in [6, 6.07) is 5.52. The number of benzene rings is 1. The highest BCUT2D eigenvalue weighted by molar-refractivity contribution is 6.13. The van der Waals surface area contributed by atoms with Gasteiger partial charge in [-0.15, -0.1) is 0 Å². The molecular formula is C23H29NO2. The average molecular weight is 351 g/mol. The smallest absolute Gasteiger partial charge is 0.145 e. The summed E-state index contributed by atoms with van der Waals surface area (Å²) < 4.78 is 0. The first-order valence-corrected chi connectivity index (χ1v) is 10.3. The molecule has 3 nitrogen and oxygen atoms in total. The predicted octanol–water partition coefficient (Wildman–Crippen LogP) is 4.69. The molecule has 1 N–H and O–H groups in total. The number of hydrogen-bond donors (Lipinski definition) is 1. The average Bonchev–Trinajstić information content (AvgIpc) is 2.51. The summed E-state index contributed by atoms with van der Waals surface area (Å²) >= 11 is 0. The number of hydrogen-bond acceptors (Lipinski definition) is 3. The van der Waals surface area contributed by atoms with Gasteiger partial charge < -0.3 is 5.11 Å². The lowest BCUT2D eigenvalue weighted by molar-refractivity contribution is -0.142. The Morgan fingerprint density at radius 2 is 1.73 bits per heavy atom. The monoisotopic (exact) mass is 351 g/mol. The molecule has 0 amide bonds. The number of phenolic OH excluding ortho intramolecular Hbond substituents is 1. The van der Waals surface area contributed by atoms with E-state index in [1.807, 2.05) is 12.1 Å². The minimum absolute atomic E-state index is 0.0596. The second-order valence-corrected chi connectivity index (χ2v) is 10.2. The van der Waals surface area contributed by atoms with Crippen LogP contribution in [-0.2, 0) is 11.2 Å². The molecule has 4 fully saturated rings. The third-order valence-corrected chi connectivity index (χ3v) is 7.42. The van der Waals surface area contributed by atoms with Crippen LogP contribution in [0.1, 0.15) is 69.9 Å². The summed E-state index contributed by atoms with van der Waals surface area (Å²) in [6.07, 6.45) is 8.73. The van der Waals surface area contributed by atoms with Crippen LogP contribution in [0.3, 0.4) is 0 Å². The van der Waals surface area contributed by atoms with E-state index in [1.54, 1.807) is 6.07 Å². The molecule has 138 valence electrons. The van der Waals surface area contributed by atoms with E-state index >= 15 is 0 Å². The zero-order chi connectivity index (χ0) is 18.1. The highest BCUT2D eigenvalue weighted by Gasteiger charge is 2.54. The van der Waals surface area contributed by atoms with Crippen LogP contribution in [0, 0.1) is 23.2 Å². The Labute approximate surface area is 155 Å². The number of rotatable bonds is 3. The van der Waals surface area contributed by atoms with Gasteiger partial charge >= 0.3 is 0 Å². The molecule has 4 aliphatic carbocycles. The quantitative estimate of drug-likeness (QED) is 0.859. The van der Waals surface area contributed by atoms with Gasteiger partial charge in [0.1, 0.15) is 11.5 Å². The molecule has 4 saturated carbocycles. The van der Waals surface area contributed by atoms with Gasteiger partial charge in [0.2, 0.25) is 0 Å². The summed E-state index contributed by atoms with van der Waals surface area (Å²) in [5.74, 6) is 3.11. The summed E-state index contributed by atoms with van der Waals surface area (Å²) in [5.41, 5.74) is 2.86. The molecule has 1 aromatic rings. The van der Waals surface area contributed by atoms with Crippen LogP contribution in [0.15, 0.2) is 23.2 Å². The zero-order valence-corrected chi connectivity index (χ0v) is 15.9. The SMILES string of the molecule is CC1(C)Cc2cc(O)ccc2C(CC(=O)C23CC4CC(CC(C4)C2)C3)=N1. The van der Waals surface area contributed by atoms with Crippen molar-refractivity contribution in [3.8, 4) is 5.75 Å². The van der Waals surface area contributed by atoms with Crippen LogP contribution in [0.2, 0.25) is 0 Å². The Kier molecular flexibility index (Phi) is 3.45. The van der Waals surface area contributed by atoms with Crippen LogP contribution in [-0.4, -0.2) is 22.1 Å². The van der Waals surface area contributed by atoms with Gasteiger partial charge in [0, 0.05) is 11.8 Å².